The third-order valence-corrected chi connectivity index (χ3v) is 7.70. The molecule has 5 heteroatoms. The fraction of sp³-hybridized carbons (Fsp3) is 0.565. The second-order valence-corrected chi connectivity index (χ2v) is 9.10. The van der Waals surface area contributed by atoms with Crippen LogP contribution in [0, 0.1) is 5.41 Å². The molecule has 1 amide bonds. The molecule has 0 N–H and O–H groups in total. The molecular formula is C23H29N3O2. The molecule has 5 atom stereocenters. The SMILES string of the molecule is CN1[C@H](Cc2ccccc2)[C@@H]2C[C@@]3(C)[C@H](CCCC[C@@H]13)N2C(=O)c1ccno1. The van der Waals surface area contributed by atoms with Crippen LogP contribution in [0.3, 0.4) is 0 Å². The summed E-state index contributed by atoms with van der Waals surface area (Å²) in [7, 11) is 2.29. The van der Waals surface area contributed by atoms with Crippen LogP contribution in [0.15, 0.2) is 47.1 Å². The second kappa shape index (κ2) is 6.73. The van der Waals surface area contributed by atoms with Gasteiger partial charge in [0.2, 0.25) is 5.76 Å². The Morgan fingerprint density at radius 1 is 1.18 bits per heavy atom. The van der Waals surface area contributed by atoms with Gasteiger partial charge < -0.3 is 9.42 Å². The topological polar surface area (TPSA) is 49.6 Å². The van der Waals surface area contributed by atoms with Crippen LogP contribution in [-0.2, 0) is 6.42 Å². The van der Waals surface area contributed by atoms with Crippen molar-refractivity contribution in [1.82, 2.24) is 15.0 Å². The molecule has 5 nitrogen and oxygen atoms in total. The highest BCUT2D eigenvalue weighted by molar-refractivity contribution is 5.92. The summed E-state index contributed by atoms with van der Waals surface area (Å²) in [5.41, 5.74) is 1.49. The third kappa shape index (κ3) is 2.63. The predicted octanol–water partition coefficient (Wildman–Crippen LogP) is 3.76. The number of amides is 1. The molecule has 1 aromatic heterocycles. The Balaban J connectivity index is 1.56. The number of nitrogens with zero attached hydrogens (tertiary/aromatic N) is 3. The molecule has 1 saturated carbocycles. The minimum absolute atomic E-state index is 0.0187. The molecule has 3 fully saturated rings. The van der Waals surface area contributed by atoms with E-state index in [4.69, 9.17) is 4.52 Å². The number of rotatable bonds is 3. The molecule has 148 valence electrons. The van der Waals surface area contributed by atoms with Crippen LogP contribution in [0.5, 0.6) is 0 Å². The second-order valence-electron chi connectivity index (χ2n) is 9.10. The van der Waals surface area contributed by atoms with Crippen LogP contribution in [0.4, 0.5) is 0 Å². The standard InChI is InChI=1S/C23H29N3O2/c1-23-15-18-17(14-16-8-4-3-5-9-16)25(2)20(23)10-6-7-11-21(23)26(18)22(27)19-12-13-24-28-19/h3-5,8-9,12-13,17-18,20-21H,6-7,10-11,14-15H2,1-2H3/t17-,18+,20-,21+,23-/m1/s1. The Morgan fingerprint density at radius 3 is 2.64 bits per heavy atom. The average molecular weight is 380 g/mol. The van der Waals surface area contributed by atoms with Gasteiger partial charge in [-0.05, 0) is 38.3 Å². The first kappa shape index (κ1) is 17.9. The van der Waals surface area contributed by atoms with Crippen molar-refractivity contribution in [1.29, 1.82) is 0 Å². The van der Waals surface area contributed by atoms with Gasteiger partial charge >= 0.3 is 0 Å². The first-order chi connectivity index (χ1) is 13.6. The molecule has 2 saturated heterocycles. The fourth-order valence-corrected chi connectivity index (χ4v) is 6.44. The molecule has 3 aliphatic rings. The highest BCUT2D eigenvalue weighted by Gasteiger charge is 2.62. The molecule has 0 radical (unpaired) electrons. The van der Waals surface area contributed by atoms with Crippen molar-refractivity contribution in [2.24, 2.45) is 5.41 Å². The molecule has 0 spiro atoms. The van der Waals surface area contributed by atoms with E-state index in [9.17, 15) is 4.79 Å². The quantitative estimate of drug-likeness (QED) is 0.815. The van der Waals surface area contributed by atoms with E-state index < -0.39 is 0 Å². The molecule has 5 rings (SSSR count). The zero-order valence-electron chi connectivity index (χ0n) is 16.8. The maximum absolute atomic E-state index is 13.5. The van der Waals surface area contributed by atoms with Gasteiger partial charge in [-0.3, -0.25) is 9.69 Å². The Hall–Kier alpha value is -2.14. The van der Waals surface area contributed by atoms with Crippen molar-refractivity contribution >= 4 is 5.91 Å². The summed E-state index contributed by atoms with van der Waals surface area (Å²) >= 11 is 0. The number of aromatic nitrogens is 1. The summed E-state index contributed by atoms with van der Waals surface area (Å²) in [4.78, 5) is 18.3. The lowest BCUT2D eigenvalue weighted by Crippen LogP contribution is -2.58. The van der Waals surface area contributed by atoms with Gasteiger partial charge in [-0.25, -0.2) is 0 Å². The number of hydrogen-bond acceptors (Lipinski definition) is 4. The highest BCUT2D eigenvalue weighted by Crippen LogP contribution is 2.55. The van der Waals surface area contributed by atoms with E-state index in [0.717, 1.165) is 19.3 Å². The van der Waals surface area contributed by atoms with Crippen LogP contribution >= 0.6 is 0 Å². The Morgan fingerprint density at radius 2 is 1.93 bits per heavy atom. The molecule has 1 aromatic carbocycles. The molecule has 2 aromatic rings. The number of carbonyl (C=O) groups excluding carboxylic acids is 1. The minimum Gasteiger partial charge on any atom is -0.351 e. The Labute approximate surface area is 166 Å². The summed E-state index contributed by atoms with van der Waals surface area (Å²) in [5.74, 6) is 0.392. The van der Waals surface area contributed by atoms with Crippen LogP contribution in [0.1, 0.15) is 55.1 Å². The van der Waals surface area contributed by atoms with Crippen molar-refractivity contribution in [2.75, 3.05) is 7.05 Å². The van der Waals surface area contributed by atoms with E-state index in [2.05, 4.69) is 59.3 Å². The molecule has 3 heterocycles. The third-order valence-electron chi connectivity index (χ3n) is 7.70. The fourth-order valence-electron chi connectivity index (χ4n) is 6.44. The minimum atomic E-state index is 0.0187. The molecule has 0 unspecified atom stereocenters. The number of likely N-dealkylation sites (N-methyl/N-ethyl adjacent to an activating group) is 1. The summed E-state index contributed by atoms with van der Waals surface area (Å²) in [6.07, 6.45) is 8.39. The van der Waals surface area contributed by atoms with Gasteiger partial charge in [-0.1, -0.05) is 55.3 Å². The van der Waals surface area contributed by atoms with Crippen molar-refractivity contribution in [3.05, 3.63) is 53.9 Å². The molecule has 1 aliphatic carbocycles. The van der Waals surface area contributed by atoms with Crippen molar-refractivity contribution in [3.8, 4) is 0 Å². The van der Waals surface area contributed by atoms with Crippen molar-refractivity contribution < 1.29 is 9.32 Å². The Kier molecular flexibility index (Phi) is 4.31. The van der Waals surface area contributed by atoms with Crippen molar-refractivity contribution in [2.45, 2.75) is 69.6 Å². The molecule has 2 bridgehead atoms. The maximum Gasteiger partial charge on any atom is 0.293 e. The van der Waals surface area contributed by atoms with Crippen LogP contribution in [-0.4, -0.2) is 52.1 Å². The number of benzene rings is 1. The van der Waals surface area contributed by atoms with Crippen molar-refractivity contribution in [3.63, 3.8) is 0 Å². The van der Waals surface area contributed by atoms with Gasteiger partial charge in [0.25, 0.3) is 5.91 Å². The van der Waals surface area contributed by atoms with E-state index in [0.29, 0.717) is 17.8 Å². The highest BCUT2D eigenvalue weighted by atomic mass is 16.5. The summed E-state index contributed by atoms with van der Waals surface area (Å²) < 4.78 is 5.28. The monoisotopic (exact) mass is 379 g/mol. The summed E-state index contributed by atoms with van der Waals surface area (Å²) in [6, 6.07) is 13.8. The molecule has 2 aliphatic heterocycles. The van der Waals surface area contributed by atoms with E-state index in [1.54, 1.807) is 12.3 Å². The van der Waals surface area contributed by atoms with Gasteiger partial charge in [0, 0.05) is 35.6 Å². The lowest BCUT2D eigenvalue weighted by Gasteiger charge is -2.49. The number of piperidine rings is 1. The number of carbonyl (C=O) groups is 1. The van der Waals surface area contributed by atoms with E-state index in [1.807, 2.05) is 0 Å². The Bertz CT molecular complexity index is 837. The average Bonchev–Trinajstić information content (AvgIpc) is 3.28. The summed E-state index contributed by atoms with van der Waals surface area (Å²) in [5, 5.41) is 3.78. The van der Waals surface area contributed by atoms with Gasteiger partial charge in [0.1, 0.15) is 0 Å². The van der Waals surface area contributed by atoms with E-state index >= 15 is 0 Å². The summed E-state index contributed by atoms with van der Waals surface area (Å²) in [6.45, 7) is 2.42. The van der Waals surface area contributed by atoms with Crippen LogP contribution in [0.25, 0.3) is 0 Å². The van der Waals surface area contributed by atoms with E-state index in [-0.39, 0.29) is 23.4 Å². The number of fused-ring (bicyclic) bond motifs is 1. The smallest absolute Gasteiger partial charge is 0.293 e. The predicted molar refractivity (Wildman–Crippen MR) is 107 cm³/mol. The van der Waals surface area contributed by atoms with Gasteiger partial charge in [0.05, 0.1) is 6.20 Å². The number of hydrogen-bond donors (Lipinski definition) is 0. The van der Waals surface area contributed by atoms with Gasteiger partial charge in [0.15, 0.2) is 0 Å². The first-order valence-corrected chi connectivity index (χ1v) is 10.6. The normalized spacial score (nSPS) is 35.0. The largest absolute Gasteiger partial charge is 0.351 e. The molecular weight excluding hydrogens is 350 g/mol. The van der Waals surface area contributed by atoms with Crippen LogP contribution in [0.2, 0.25) is 0 Å². The number of likely N-dealkylation sites (tertiary alicyclic amines) is 2. The van der Waals surface area contributed by atoms with E-state index in [1.165, 1.54) is 24.8 Å². The van der Waals surface area contributed by atoms with Crippen LogP contribution < -0.4 is 0 Å². The lowest BCUT2D eigenvalue weighted by molar-refractivity contribution is 0.0154. The maximum atomic E-state index is 13.5. The first-order valence-electron chi connectivity index (χ1n) is 10.6. The zero-order valence-corrected chi connectivity index (χ0v) is 16.8. The van der Waals surface area contributed by atoms with Gasteiger partial charge in [-0.2, -0.15) is 0 Å². The molecule has 28 heavy (non-hydrogen) atoms. The lowest BCUT2D eigenvalue weighted by atomic mass is 9.69. The zero-order chi connectivity index (χ0) is 19.3. The van der Waals surface area contributed by atoms with Gasteiger partial charge in [-0.15, -0.1) is 0 Å².